The molecular formula is C29H30FN5O5S. The van der Waals surface area contributed by atoms with Gasteiger partial charge in [0.05, 0.1) is 10.6 Å². The number of furan rings is 1. The number of hydrogen-bond donors (Lipinski definition) is 3. The van der Waals surface area contributed by atoms with E-state index < -0.39 is 10.1 Å². The zero-order valence-electron chi connectivity index (χ0n) is 22.8. The summed E-state index contributed by atoms with van der Waals surface area (Å²) in [7, 11) is -1.99. The smallest absolute Gasteiger partial charge is 0.294 e. The maximum atomic E-state index is 13.1. The normalized spacial score (nSPS) is 11.4. The van der Waals surface area contributed by atoms with Crippen LogP contribution in [0.15, 0.2) is 82.2 Å². The van der Waals surface area contributed by atoms with Crippen LogP contribution in [0.3, 0.4) is 0 Å². The molecule has 0 saturated carbocycles. The largest absolute Gasteiger partial charge is 0.461 e. The van der Waals surface area contributed by atoms with Crippen molar-refractivity contribution in [3.05, 3.63) is 107 Å². The second-order valence-corrected chi connectivity index (χ2v) is 11.0. The number of anilines is 1. The first kappa shape index (κ1) is 29.6. The number of rotatable bonds is 8. The SMILES string of the molecule is Cc1ccc(S(=O)(=O)O)cc1.Cc1oc2ccc(NC(=O)c3ccc(F)cc3)cc2c1CCN(C)Cc1c[nH]nn1. The van der Waals surface area contributed by atoms with Gasteiger partial charge >= 0.3 is 0 Å². The van der Waals surface area contributed by atoms with E-state index in [2.05, 4.69) is 25.6 Å². The average Bonchev–Trinajstić information content (AvgIpc) is 3.54. The minimum atomic E-state index is -4.02. The molecule has 0 spiro atoms. The van der Waals surface area contributed by atoms with E-state index in [1.807, 2.05) is 33.0 Å². The molecule has 0 unspecified atom stereocenters. The third-order valence-electron chi connectivity index (χ3n) is 6.32. The first-order valence-corrected chi connectivity index (χ1v) is 14.1. The van der Waals surface area contributed by atoms with Crippen LogP contribution in [0, 0.1) is 19.7 Å². The summed E-state index contributed by atoms with van der Waals surface area (Å²) in [6.07, 6.45) is 2.58. The van der Waals surface area contributed by atoms with Crippen molar-refractivity contribution in [1.82, 2.24) is 20.3 Å². The average molecular weight is 580 g/mol. The number of aryl methyl sites for hydroxylation is 2. The van der Waals surface area contributed by atoms with Crippen LogP contribution in [0.5, 0.6) is 0 Å². The van der Waals surface area contributed by atoms with Crippen molar-refractivity contribution >= 4 is 32.7 Å². The monoisotopic (exact) mass is 579 g/mol. The van der Waals surface area contributed by atoms with Gasteiger partial charge in [-0.15, -0.1) is 5.10 Å². The highest BCUT2D eigenvalue weighted by atomic mass is 32.2. The van der Waals surface area contributed by atoms with E-state index in [1.165, 1.54) is 36.4 Å². The molecule has 12 heteroatoms. The van der Waals surface area contributed by atoms with E-state index in [0.29, 0.717) is 17.8 Å². The Kier molecular flexibility index (Phi) is 9.28. The molecule has 3 N–H and O–H groups in total. The number of H-pyrrole nitrogens is 1. The number of nitrogens with zero attached hydrogens (tertiary/aromatic N) is 3. The maximum Gasteiger partial charge on any atom is 0.294 e. The molecule has 0 aliphatic carbocycles. The van der Waals surface area contributed by atoms with Gasteiger partial charge in [0.2, 0.25) is 0 Å². The standard InChI is InChI=1S/C22H22FN5O2.C7H8O3S/c1-14-19(9-10-28(2)13-18-12-24-27-26-18)20-11-17(7-8-21(20)30-14)25-22(29)15-3-5-16(23)6-4-15;1-6-2-4-7(5-3-6)11(8,9)10/h3-8,11-12H,9-10,13H2,1-2H3,(H,25,29)(H,24,26,27);2-5H,1H3,(H,8,9,10). The van der Waals surface area contributed by atoms with Gasteiger partial charge in [0.15, 0.2) is 0 Å². The van der Waals surface area contributed by atoms with E-state index >= 15 is 0 Å². The van der Waals surface area contributed by atoms with Gasteiger partial charge in [0, 0.05) is 41.5 Å². The molecule has 0 bridgehead atoms. The number of fused-ring (bicyclic) bond motifs is 1. The molecule has 214 valence electrons. The van der Waals surface area contributed by atoms with E-state index in [9.17, 15) is 17.6 Å². The molecule has 0 fully saturated rings. The van der Waals surface area contributed by atoms with Crippen LogP contribution in [-0.4, -0.2) is 52.8 Å². The molecule has 5 aromatic rings. The molecule has 0 aliphatic heterocycles. The van der Waals surface area contributed by atoms with Crippen molar-refractivity contribution in [2.45, 2.75) is 31.7 Å². The number of carbonyl (C=O) groups excluding carboxylic acids is 1. The van der Waals surface area contributed by atoms with Gasteiger partial charge in [-0.05, 0) is 81.9 Å². The number of likely N-dealkylation sites (N-methyl/N-ethyl adjacent to an activating group) is 1. The van der Waals surface area contributed by atoms with Gasteiger partial charge < -0.3 is 14.6 Å². The fourth-order valence-corrected chi connectivity index (χ4v) is 4.62. The summed E-state index contributed by atoms with van der Waals surface area (Å²) in [6, 6.07) is 17.0. The molecule has 2 heterocycles. The molecule has 0 radical (unpaired) electrons. The molecular weight excluding hydrogens is 549 g/mol. The molecule has 5 rings (SSSR count). The van der Waals surface area contributed by atoms with Gasteiger partial charge in [0.1, 0.15) is 17.2 Å². The number of hydrogen-bond acceptors (Lipinski definition) is 7. The minimum Gasteiger partial charge on any atom is -0.461 e. The Hall–Kier alpha value is -4.39. The van der Waals surface area contributed by atoms with Crippen molar-refractivity contribution in [3.63, 3.8) is 0 Å². The lowest BCUT2D eigenvalue weighted by molar-refractivity contribution is 0.102. The molecule has 0 saturated heterocycles. The van der Waals surface area contributed by atoms with Crippen LogP contribution in [0.1, 0.15) is 32.9 Å². The fraction of sp³-hybridized carbons (Fsp3) is 0.207. The number of nitrogens with one attached hydrogen (secondary N) is 2. The van der Waals surface area contributed by atoms with Crippen LogP contribution >= 0.6 is 0 Å². The highest BCUT2D eigenvalue weighted by Gasteiger charge is 2.14. The van der Waals surface area contributed by atoms with Gasteiger partial charge in [0.25, 0.3) is 16.0 Å². The number of aromatic amines is 1. The van der Waals surface area contributed by atoms with E-state index in [-0.39, 0.29) is 16.6 Å². The lowest BCUT2D eigenvalue weighted by Gasteiger charge is -2.14. The Balaban J connectivity index is 0.000000296. The molecule has 3 aromatic carbocycles. The van der Waals surface area contributed by atoms with E-state index in [4.69, 9.17) is 8.97 Å². The van der Waals surface area contributed by atoms with Crippen molar-refractivity contribution in [1.29, 1.82) is 0 Å². The fourth-order valence-electron chi connectivity index (χ4n) is 4.14. The Bertz CT molecular complexity index is 1720. The third-order valence-corrected chi connectivity index (χ3v) is 7.19. The van der Waals surface area contributed by atoms with Gasteiger partial charge in [-0.25, -0.2) is 4.39 Å². The Morgan fingerprint density at radius 3 is 2.41 bits per heavy atom. The summed E-state index contributed by atoms with van der Waals surface area (Å²) in [5.74, 6) is 0.199. The topological polar surface area (TPSA) is 141 Å². The molecule has 10 nitrogen and oxygen atoms in total. The van der Waals surface area contributed by atoms with Gasteiger partial charge in [-0.3, -0.25) is 14.4 Å². The summed E-state index contributed by atoms with van der Waals surface area (Å²) >= 11 is 0. The summed E-state index contributed by atoms with van der Waals surface area (Å²) in [4.78, 5) is 14.5. The highest BCUT2D eigenvalue weighted by Crippen LogP contribution is 2.29. The first-order chi connectivity index (χ1) is 19.5. The summed E-state index contributed by atoms with van der Waals surface area (Å²) in [5, 5.41) is 14.3. The van der Waals surface area contributed by atoms with Gasteiger partial charge in [-0.1, -0.05) is 22.9 Å². The second kappa shape index (κ2) is 12.9. The number of benzene rings is 3. The quantitative estimate of drug-likeness (QED) is 0.214. The van der Waals surface area contributed by atoms with Crippen LogP contribution < -0.4 is 5.32 Å². The third kappa shape index (κ3) is 8.07. The Morgan fingerprint density at radius 1 is 1.07 bits per heavy atom. The lowest BCUT2D eigenvalue weighted by atomic mass is 10.1. The van der Waals surface area contributed by atoms with E-state index in [1.54, 1.807) is 24.4 Å². The number of aromatic nitrogens is 3. The summed E-state index contributed by atoms with van der Waals surface area (Å²) in [6.45, 7) is 5.30. The van der Waals surface area contributed by atoms with Crippen molar-refractivity contribution < 1.29 is 26.6 Å². The zero-order valence-corrected chi connectivity index (χ0v) is 23.6. The van der Waals surface area contributed by atoms with E-state index in [0.717, 1.165) is 46.5 Å². The first-order valence-electron chi connectivity index (χ1n) is 12.7. The Labute approximate surface area is 236 Å². The lowest BCUT2D eigenvalue weighted by Crippen LogP contribution is -2.21. The summed E-state index contributed by atoms with van der Waals surface area (Å²) in [5.41, 5.74) is 4.79. The number of amides is 1. The predicted molar refractivity (Wildman–Crippen MR) is 153 cm³/mol. The highest BCUT2D eigenvalue weighted by molar-refractivity contribution is 7.85. The molecule has 0 atom stereocenters. The van der Waals surface area contributed by atoms with Crippen LogP contribution in [0.2, 0.25) is 0 Å². The molecule has 0 aliphatic rings. The van der Waals surface area contributed by atoms with Crippen LogP contribution in [0.4, 0.5) is 10.1 Å². The van der Waals surface area contributed by atoms with Gasteiger partial charge in [-0.2, -0.15) is 8.42 Å². The minimum absolute atomic E-state index is 0.0666. The number of halogens is 1. The number of carbonyl (C=O) groups is 1. The second-order valence-electron chi connectivity index (χ2n) is 9.55. The Morgan fingerprint density at radius 2 is 1.78 bits per heavy atom. The van der Waals surface area contributed by atoms with Crippen molar-refractivity contribution in [2.24, 2.45) is 0 Å². The van der Waals surface area contributed by atoms with Crippen LogP contribution in [-0.2, 0) is 23.1 Å². The van der Waals surface area contributed by atoms with Crippen LogP contribution in [0.25, 0.3) is 11.0 Å². The van der Waals surface area contributed by atoms with Crippen molar-refractivity contribution in [2.75, 3.05) is 18.9 Å². The predicted octanol–water partition coefficient (Wildman–Crippen LogP) is 5.17. The zero-order chi connectivity index (χ0) is 29.6. The molecule has 2 aromatic heterocycles. The van der Waals surface area contributed by atoms with Crippen molar-refractivity contribution in [3.8, 4) is 0 Å². The summed E-state index contributed by atoms with van der Waals surface area (Å²) < 4.78 is 48.5. The maximum absolute atomic E-state index is 13.1. The molecule has 41 heavy (non-hydrogen) atoms. The molecule has 1 amide bonds.